The number of allylic oxidation sites excluding steroid dienone is 8. The van der Waals surface area contributed by atoms with Gasteiger partial charge in [0, 0.05) is 196 Å². The molecule has 0 spiro atoms. The summed E-state index contributed by atoms with van der Waals surface area (Å²) in [5.74, 6) is -4.11. The first-order valence-electron chi connectivity index (χ1n) is 36.6. The summed E-state index contributed by atoms with van der Waals surface area (Å²) >= 11 is 0. The predicted molar refractivity (Wildman–Crippen MR) is 442 cm³/mol. The third kappa shape index (κ3) is 20.3. The molecule has 576 valence electrons. The van der Waals surface area contributed by atoms with Gasteiger partial charge in [0.1, 0.15) is 46.0 Å². The van der Waals surface area contributed by atoms with Crippen molar-refractivity contribution in [3.05, 3.63) is 283 Å². The number of carbonyl (C=O) groups excluding carboxylic acids is 8. The van der Waals surface area contributed by atoms with Gasteiger partial charge in [0.2, 0.25) is 0 Å². The lowest BCUT2D eigenvalue weighted by Crippen LogP contribution is -2.14. The molecule has 112 heavy (non-hydrogen) atoms. The lowest BCUT2D eigenvalue weighted by atomic mass is 9.86. The van der Waals surface area contributed by atoms with Crippen LogP contribution >= 0.6 is 0 Å². The zero-order valence-electron chi connectivity index (χ0n) is 67.1. The molecule has 0 N–H and O–H groups in total. The third-order valence-corrected chi connectivity index (χ3v) is 18.9. The fourth-order valence-electron chi connectivity index (χ4n) is 13.9. The average molecular weight is 1510 g/mol. The standard InChI is InChI=1S/C96H96O16/c1-49(2)65-25-73-41-75-27-66(50(3)4)29-77(90(75)106-58(18)98)43-79-31-68(52(7)8)33-81(92(79)108-60(20)100)45-83-35-70(54(11)12)37-85(94(83)110-62(22)102)47-87-39-72(56(15)16)40-88(96(87)112-64(24)104)48-86-38-71(55(13)14)36-84(95(86)111-63(23)103)46-82-34-69(53(9)10)32-80(93(82)109-61(21)101)44-78-30-67(51(5)6)28-76(91(78)107-59(19)99)42-74(26-65)89(73)105-57(17)97/h25-40H,1,3,5,7,9,11,13,15,41-48H2,2,4,6,8,10,12,14,16-24H3. The molecule has 0 unspecified atom stereocenters. The highest BCUT2D eigenvalue weighted by molar-refractivity contribution is 5.82. The molecule has 16 nitrogen and oxygen atoms in total. The second-order valence-corrected chi connectivity index (χ2v) is 29.4. The lowest BCUT2D eigenvalue weighted by molar-refractivity contribution is -0.133. The second kappa shape index (κ2) is 35.0. The Bertz CT molecular complexity index is 4260. The Morgan fingerprint density at radius 2 is 0.241 bits per heavy atom. The van der Waals surface area contributed by atoms with Gasteiger partial charge >= 0.3 is 47.8 Å². The summed E-state index contributed by atoms with van der Waals surface area (Å²) in [6.45, 7) is 59.9. The third-order valence-electron chi connectivity index (χ3n) is 18.9. The Morgan fingerprint density at radius 1 is 0.170 bits per heavy atom. The van der Waals surface area contributed by atoms with Crippen LogP contribution in [0.15, 0.2) is 150 Å². The number of carbonyl (C=O) groups is 8. The molecule has 0 saturated heterocycles. The van der Waals surface area contributed by atoms with Crippen molar-refractivity contribution in [3.63, 3.8) is 0 Å². The van der Waals surface area contributed by atoms with Crippen LogP contribution in [0.2, 0.25) is 0 Å². The summed E-state index contributed by atoms with van der Waals surface area (Å²) in [7, 11) is 0. The minimum absolute atomic E-state index is 0.0435. The van der Waals surface area contributed by atoms with E-state index in [1.807, 2.05) is 152 Å². The molecule has 8 aromatic carbocycles. The van der Waals surface area contributed by atoms with Gasteiger partial charge in [-0.25, -0.2) is 0 Å². The summed E-state index contributed by atoms with van der Waals surface area (Å²) in [5, 5.41) is 0. The van der Waals surface area contributed by atoms with E-state index in [0.717, 1.165) is 0 Å². The van der Waals surface area contributed by atoms with Crippen LogP contribution in [-0.2, 0) is 89.7 Å². The van der Waals surface area contributed by atoms with Crippen LogP contribution in [0.1, 0.15) is 244 Å². The normalized spacial score (nSPS) is 11.9. The van der Waals surface area contributed by atoms with Gasteiger partial charge in [-0.1, -0.05) is 97.2 Å². The summed E-state index contributed by atoms with van der Waals surface area (Å²) < 4.78 is 50.9. The minimum atomic E-state index is -0.662. The Hall–Kier alpha value is -12.6. The molecular formula is C96H96O16. The van der Waals surface area contributed by atoms with E-state index in [2.05, 4.69) is 52.6 Å². The van der Waals surface area contributed by atoms with E-state index in [9.17, 15) is 38.4 Å². The number of hydrogen-bond donors (Lipinski definition) is 0. The molecule has 0 amide bonds. The van der Waals surface area contributed by atoms with Crippen LogP contribution in [0.4, 0.5) is 0 Å². The Labute approximate surface area is 656 Å². The topological polar surface area (TPSA) is 210 Å². The van der Waals surface area contributed by atoms with Gasteiger partial charge in [-0.05, 0) is 197 Å². The lowest BCUT2D eigenvalue weighted by Gasteiger charge is -2.23. The van der Waals surface area contributed by atoms with E-state index < -0.39 is 47.8 Å². The van der Waals surface area contributed by atoms with Gasteiger partial charge in [0.25, 0.3) is 0 Å². The molecule has 0 atom stereocenters. The van der Waals surface area contributed by atoms with Gasteiger partial charge < -0.3 is 37.9 Å². The fourth-order valence-corrected chi connectivity index (χ4v) is 13.9. The van der Waals surface area contributed by atoms with Crippen LogP contribution in [0.3, 0.4) is 0 Å². The van der Waals surface area contributed by atoms with Crippen molar-refractivity contribution < 1.29 is 76.3 Å². The first kappa shape index (κ1) is 83.5. The molecule has 16 bridgehead atoms. The maximum absolute atomic E-state index is 13.8. The summed E-state index contributed by atoms with van der Waals surface area (Å²) in [6, 6.07) is 29.7. The molecule has 0 heterocycles. The highest BCUT2D eigenvalue weighted by atomic mass is 16.6. The van der Waals surface area contributed by atoms with Crippen molar-refractivity contribution in [1.29, 1.82) is 0 Å². The Balaban J connectivity index is 1.48. The molecule has 16 heteroatoms. The van der Waals surface area contributed by atoms with Crippen molar-refractivity contribution in [1.82, 2.24) is 0 Å². The van der Waals surface area contributed by atoms with Crippen LogP contribution < -0.4 is 37.9 Å². The van der Waals surface area contributed by atoms with Crippen molar-refractivity contribution in [3.8, 4) is 46.0 Å². The fraction of sp³-hybridized carbons (Fsp3) is 0.250. The number of fused-ring (bicyclic) bond motifs is 16. The van der Waals surface area contributed by atoms with E-state index in [-0.39, 0.29) is 97.4 Å². The number of hydrogen-bond acceptors (Lipinski definition) is 16. The summed E-state index contributed by atoms with van der Waals surface area (Å²) in [4.78, 5) is 110. The number of esters is 8. The van der Waals surface area contributed by atoms with E-state index in [1.165, 1.54) is 55.4 Å². The van der Waals surface area contributed by atoms with Crippen LogP contribution in [0.5, 0.6) is 46.0 Å². The zero-order chi connectivity index (χ0) is 82.3. The summed E-state index contributed by atoms with van der Waals surface area (Å²) in [5.41, 5.74) is 17.7. The smallest absolute Gasteiger partial charge is 0.308 e. The average Bonchev–Trinajstić information content (AvgIpc) is 0.775. The number of rotatable bonds is 16. The van der Waals surface area contributed by atoms with Crippen molar-refractivity contribution in [2.75, 3.05) is 0 Å². The maximum Gasteiger partial charge on any atom is 0.308 e. The SMILES string of the molecule is C=C(C)c1cc2c(OC(C)=O)c(c1)Cc1cc(C(=C)C)cc(c1OC(C)=O)Cc1cc(C(=C)C)cc(c1OC(C)=O)Cc1cc(C(=C)C)cc(c1OC(C)=O)Cc1cc(C(=C)C)cc(c1OC(C)=O)Cc1cc(C(=C)C)cc(c1OC(C)=O)Cc1cc(C(=C)C)cc(c1OC(C)=O)Cc1cc(C(=C)C)cc(c1OC(C)=O)C2. The van der Waals surface area contributed by atoms with Crippen molar-refractivity contribution >= 4 is 92.3 Å². The Kier molecular flexibility index (Phi) is 26.1. The molecule has 0 saturated carbocycles. The highest BCUT2D eigenvalue weighted by Crippen LogP contribution is 2.46. The van der Waals surface area contributed by atoms with Gasteiger partial charge in [-0.3, -0.25) is 38.4 Å². The molecule has 0 aromatic heterocycles. The molecule has 1 aliphatic carbocycles. The van der Waals surface area contributed by atoms with Crippen molar-refractivity contribution in [2.24, 2.45) is 0 Å². The second-order valence-electron chi connectivity index (χ2n) is 29.4. The maximum atomic E-state index is 13.8. The molecular weight excluding hydrogens is 1410 g/mol. The van der Waals surface area contributed by atoms with E-state index >= 15 is 0 Å². The zero-order valence-corrected chi connectivity index (χ0v) is 67.1. The van der Waals surface area contributed by atoms with Crippen LogP contribution in [0.25, 0.3) is 44.6 Å². The molecule has 9 rings (SSSR count). The van der Waals surface area contributed by atoms with Crippen LogP contribution in [0, 0.1) is 0 Å². The molecule has 0 aliphatic heterocycles. The highest BCUT2D eigenvalue weighted by Gasteiger charge is 2.31. The van der Waals surface area contributed by atoms with E-state index in [4.69, 9.17) is 37.9 Å². The molecule has 8 aromatic rings. The van der Waals surface area contributed by atoms with Gasteiger partial charge in [-0.2, -0.15) is 0 Å². The largest absolute Gasteiger partial charge is 0.426 e. The molecule has 0 radical (unpaired) electrons. The monoisotopic (exact) mass is 1500 g/mol. The van der Waals surface area contributed by atoms with Gasteiger partial charge in [0.15, 0.2) is 0 Å². The molecule has 1 aliphatic rings. The van der Waals surface area contributed by atoms with E-state index in [1.54, 1.807) is 0 Å². The predicted octanol–water partition coefficient (Wildman–Crippen LogP) is 20.4. The van der Waals surface area contributed by atoms with Gasteiger partial charge in [-0.15, -0.1) is 0 Å². The summed E-state index contributed by atoms with van der Waals surface area (Å²) in [6.07, 6.45) is -0.348. The minimum Gasteiger partial charge on any atom is -0.426 e. The number of ether oxygens (including phenoxy) is 8. The Morgan fingerprint density at radius 3 is 0.295 bits per heavy atom. The van der Waals surface area contributed by atoms with Crippen molar-refractivity contribution in [2.45, 2.75) is 162 Å². The number of benzene rings is 8. The first-order valence-corrected chi connectivity index (χ1v) is 36.6. The van der Waals surface area contributed by atoms with Crippen LogP contribution in [-0.4, -0.2) is 47.8 Å². The first-order chi connectivity index (χ1) is 52.6. The van der Waals surface area contributed by atoms with E-state index in [0.29, 0.717) is 178 Å². The quantitative estimate of drug-likeness (QED) is 0.0650. The van der Waals surface area contributed by atoms with Gasteiger partial charge in [0.05, 0.1) is 0 Å². The molecule has 0 fully saturated rings.